The second kappa shape index (κ2) is 7.76. The molecule has 3 amide bonds. The second-order valence-electron chi connectivity index (χ2n) is 5.74. The second-order valence-corrected chi connectivity index (χ2v) is 5.74. The Kier molecular flexibility index (Phi) is 5.73. The summed E-state index contributed by atoms with van der Waals surface area (Å²) in [6, 6.07) is 7.28. The van der Waals surface area contributed by atoms with Gasteiger partial charge in [0.1, 0.15) is 0 Å². The molecule has 2 rings (SSSR count). The Morgan fingerprint density at radius 1 is 1.04 bits per heavy atom. The van der Waals surface area contributed by atoms with Gasteiger partial charge in [-0.2, -0.15) is 0 Å². The lowest BCUT2D eigenvalue weighted by molar-refractivity contribution is -0.131. The van der Waals surface area contributed by atoms with E-state index in [1.807, 2.05) is 19.1 Å². The molecule has 6 heteroatoms. The molecular formula is C17H23N3O3. The van der Waals surface area contributed by atoms with Gasteiger partial charge in [-0.3, -0.25) is 14.4 Å². The van der Waals surface area contributed by atoms with Gasteiger partial charge in [0.25, 0.3) is 5.91 Å². The molecule has 1 heterocycles. The standard InChI is InChI=1S/C17H23N3O3/c1-13-6-3-4-7-15(13)17(23)18-12-16(22)20-9-5-8-19(10-11-20)14(2)21/h3-4,6-7H,5,8-12H2,1-2H3,(H,18,23). The Hall–Kier alpha value is -2.37. The highest BCUT2D eigenvalue weighted by molar-refractivity contribution is 5.97. The molecule has 1 fully saturated rings. The van der Waals surface area contributed by atoms with Gasteiger partial charge in [-0.25, -0.2) is 0 Å². The van der Waals surface area contributed by atoms with Gasteiger partial charge in [0.05, 0.1) is 6.54 Å². The largest absolute Gasteiger partial charge is 0.343 e. The molecule has 6 nitrogen and oxygen atoms in total. The number of benzene rings is 1. The SMILES string of the molecule is CC(=O)N1CCCN(C(=O)CNC(=O)c2ccccc2C)CC1. The first kappa shape index (κ1) is 17.0. The van der Waals surface area contributed by atoms with E-state index in [9.17, 15) is 14.4 Å². The number of rotatable bonds is 3. The summed E-state index contributed by atoms with van der Waals surface area (Å²) in [4.78, 5) is 39.2. The van der Waals surface area contributed by atoms with E-state index in [1.165, 1.54) is 0 Å². The van der Waals surface area contributed by atoms with Crippen molar-refractivity contribution < 1.29 is 14.4 Å². The van der Waals surface area contributed by atoms with Crippen molar-refractivity contribution in [3.05, 3.63) is 35.4 Å². The predicted octanol–water partition coefficient (Wildman–Crippen LogP) is 0.806. The van der Waals surface area contributed by atoms with Crippen molar-refractivity contribution in [1.29, 1.82) is 0 Å². The van der Waals surface area contributed by atoms with Crippen molar-refractivity contribution in [3.63, 3.8) is 0 Å². The van der Waals surface area contributed by atoms with Crippen molar-refractivity contribution in [3.8, 4) is 0 Å². The van der Waals surface area contributed by atoms with Crippen molar-refractivity contribution in [1.82, 2.24) is 15.1 Å². The molecule has 0 spiro atoms. The monoisotopic (exact) mass is 317 g/mol. The minimum atomic E-state index is -0.239. The van der Waals surface area contributed by atoms with Crippen LogP contribution in [0, 0.1) is 6.92 Å². The van der Waals surface area contributed by atoms with Crippen LogP contribution in [0.15, 0.2) is 24.3 Å². The van der Waals surface area contributed by atoms with Crippen LogP contribution in [0.4, 0.5) is 0 Å². The van der Waals surface area contributed by atoms with E-state index in [1.54, 1.807) is 28.9 Å². The number of hydrogen-bond donors (Lipinski definition) is 1. The van der Waals surface area contributed by atoms with E-state index in [0.717, 1.165) is 12.0 Å². The highest BCUT2D eigenvalue weighted by Crippen LogP contribution is 2.07. The van der Waals surface area contributed by atoms with Gasteiger partial charge in [-0.1, -0.05) is 18.2 Å². The van der Waals surface area contributed by atoms with Crippen molar-refractivity contribution in [2.45, 2.75) is 20.3 Å². The molecule has 1 aromatic carbocycles. The fourth-order valence-corrected chi connectivity index (χ4v) is 2.67. The molecule has 0 atom stereocenters. The Balaban J connectivity index is 1.86. The van der Waals surface area contributed by atoms with Crippen LogP contribution >= 0.6 is 0 Å². The molecule has 0 aromatic heterocycles. The molecule has 124 valence electrons. The number of nitrogens with zero attached hydrogens (tertiary/aromatic N) is 2. The number of hydrogen-bond acceptors (Lipinski definition) is 3. The summed E-state index contributed by atoms with van der Waals surface area (Å²) in [6.45, 7) is 5.73. The number of carbonyl (C=O) groups excluding carboxylic acids is 3. The van der Waals surface area contributed by atoms with Crippen molar-refractivity contribution in [2.75, 3.05) is 32.7 Å². The molecule has 1 aromatic rings. The van der Waals surface area contributed by atoms with E-state index in [-0.39, 0.29) is 24.3 Å². The lowest BCUT2D eigenvalue weighted by atomic mass is 10.1. The Morgan fingerprint density at radius 3 is 2.39 bits per heavy atom. The predicted molar refractivity (Wildman–Crippen MR) is 87.0 cm³/mol. The van der Waals surface area contributed by atoms with Gasteiger partial charge in [-0.15, -0.1) is 0 Å². The zero-order valence-electron chi connectivity index (χ0n) is 13.7. The van der Waals surface area contributed by atoms with Crippen LogP contribution in [-0.4, -0.2) is 60.2 Å². The summed E-state index contributed by atoms with van der Waals surface area (Å²) in [6.07, 6.45) is 0.761. The average molecular weight is 317 g/mol. The molecule has 0 aliphatic carbocycles. The third-order valence-electron chi connectivity index (χ3n) is 4.08. The molecule has 0 unspecified atom stereocenters. The molecule has 1 saturated heterocycles. The lowest BCUT2D eigenvalue weighted by Gasteiger charge is -2.21. The number of aryl methyl sites for hydroxylation is 1. The average Bonchev–Trinajstić information content (AvgIpc) is 2.79. The van der Waals surface area contributed by atoms with E-state index >= 15 is 0 Å². The maximum atomic E-state index is 12.3. The Labute approximate surface area is 136 Å². The van der Waals surface area contributed by atoms with Crippen LogP contribution in [0.25, 0.3) is 0 Å². The first-order valence-corrected chi connectivity index (χ1v) is 7.86. The fourth-order valence-electron chi connectivity index (χ4n) is 2.67. The zero-order valence-corrected chi connectivity index (χ0v) is 13.7. The fraction of sp³-hybridized carbons (Fsp3) is 0.471. The van der Waals surface area contributed by atoms with Gasteiger partial charge in [-0.05, 0) is 25.0 Å². The van der Waals surface area contributed by atoms with Crippen molar-refractivity contribution in [2.24, 2.45) is 0 Å². The third kappa shape index (κ3) is 4.55. The summed E-state index contributed by atoms with van der Waals surface area (Å²) >= 11 is 0. The maximum absolute atomic E-state index is 12.3. The Bertz CT molecular complexity index is 601. The first-order chi connectivity index (χ1) is 11.0. The summed E-state index contributed by atoms with van der Waals surface area (Å²) in [5.41, 5.74) is 1.46. The highest BCUT2D eigenvalue weighted by atomic mass is 16.2. The highest BCUT2D eigenvalue weighted by Gasteiger charge is 2.20. The molecule has 1 aliphatic rings. The van der Waals surface area contributed by atoms with Crippen LogP contribution in [0.5, 0.6) is 0 Å². The van der Waals surface area contributed by atoms with Gasteiger partial charge in [0.15, 0.2) is 0 Å². The summed E-state index contributed by atoms with van der Waals surface area (Å²) in [7, 11) is 0. The topological polar surface area (TPSA) is 69.7 Å². The van der Waals surface area contributed by atoms with Crippen LogP contribution in [0.3, 0.4) is 0 Å². The molecule has 0 bridgehead atoms. The minimum Gasteiger partial charge on any atom is -0.343 e. The van der Waals surface area contributed by atoms with E-state index in [2.05, 4.69) is 5.32 Å². The van der Waals surface area contributed by atoms with E-state index in [0.29, 0.717) is 31.7 Å². The van der Waals surface area contributed by atoms with Gasteiger partial charge in [0, 0.05) is 38.7 Å². The van der Waals surface area contributed by atoms with Crippen molar-refractivity contribution >= 4 is 17.7 Å². The molecule has 1 aliphatic heterocycles. The summed E-state index contributed by atoms with van der Waals surface area (Å²) < 4.78 is 0. The molecule has 1 N–H and O–H groups in total. The smallest absolute Gasteiger partial charge is 0.251 e. The summed E-state index contributed by atoms with van der Waals surface area (Å²) in [5.74, 6) is -0.318. The van der Waals surface area contributed by atoms with Crippen LogP contribution in [0.1, 0.15) is 29.3 Å². The van der Waals surface area contributed by atoms with Gasteiger partial charge in [0.2, 0.25) is 11.8 Å². The summed E-state index contributed by atoms with van der Waals surface area (Å²) in [5, 5.41) is 2.68. The van der Waals surface area contributed by atoms with Gasteiger partial charge >= 0.3 is 0 Å². The number of nitrogens with one attached hydrogen (secondary N) is 1. The third-order valence-corrected chi connectivity index (χ3v) is 4.08. The lowest BCUT2D eigenvalue weighted by Crippen LogP contribution is -2.42. The number of carbonyl (C=O) groups is 3. The quantitative estimate of drug-likeness (QED) is 0.897. The first-order valence-electron chi connectivity index (χ1n) is 7.86. The molecule has 0 radical (unpaired) electrons. The molecule has 0 saturated carbocycles. The van der Waals surface area contributed by atoms with Crippen LogP contribution < -0.4 is 5.32 Å². The van der Waals surface area contributed by atoms with Gasteiger partial charge < -0.3 is 15.1 Å². The zero-order chi connectivity index (χ0) is 16.8. The van der Waals surface area contributed by atoms with Crippen LogP contribution in [-0.2, 0) is 9.59 Å². The van der Waals surface area contributed by atoms with E-state index < -0.39 is 0 Å². The van der Waals surface area contributed by atoms with E-state index in [4.69, 9.17) is 0 Å². The minimum absolute atomic E-state index is 0.0206. The molecule has 23 heavy (non-hydrogen) atoms. The normalized spacial score (nSPS) is 15.0. The Morgan fingerprint density at radius 2 is 1.70 bits per heavy atom. The maximum Gasteiger partial charge on any atom is 0.251 e. The number of amides is 3. The molecular weight excluding hydrogens is 294 g/mol. The van der Waals surface area contributed by atoms with Crippen LogP contribution in [0.2, 0.25) is 0 Å².